The number of halogens is 1. The monoisotopic (exact) mass is 334 g/mol. The molecule has 0 aliphatic heterocycles. The zero-order valence-electron chi connectivity index (χ0n) is 12.1. The Hall–Kier alpha value is -1.49. The summed E-state index contributed by atoms with van der Waals surface area (Å²) in [6.07, 6.45) is 5.46. The van der Waals surface area contributed by atoms with E-state index in [1.807, 2.05) is 12.3 Å². The van der Waals surface area contributed by atoms with Crippen molar-refractivity contribution in [3.05, 3.63) is 34.2 Å². The van der Waals surface area contributed by atoms with Crippen LogP contribution >= 0.6 is 15.9 Å². The molecule has 0 fully saturated rings. The van der Waals surface area contributed by atoms with E-state index in [2.05, 4.69) is 57.0 Å². The highest BCUT2D eigenvalue weighted by Gasteiger charge is 2.13. The number of pyridine rings is 1. The fourth-order valence-corrected chi connectivity index (χ4v) is 2.66. The Morgan fingerprint density at radius 2 is 1.95 bits per heavy atom. The summed E-state index contributed by atoms with van der Waals surface area (Å²) in [5.41, 5.74) is 3.24. The standard InChI is InChI=1S/C15H19BrN4/c1-4-10-9-17-8-7-11(10)14-19-12(5-2)13(16)15(20-14)18-6-3/h7-9H,4-6H2,1-3H3,(H,18,19,20). The van der Waals surface area contributed by atoms with Crippen molar-refractivity contribution in [3.63, 3.8) is 0 Å². The molecule has 0 amide bonds. The molecule has 0 aromatic carbocycles. The molecule has 0 spiro atoms. The first kappa shape index (κ1) is 14.9. The zero-order valence-corrected chi connectivity index (χ0v) is 13.7. The maximum absolute atomic E-state index is 4.69. The molecule has 0 aliphatic rings. The van der Waals surface area contributed by atoms with Gasteiger partial charge >= 0.3 is 0 Å². The van der Waals surface area contributed by atoms with E-state index < -0.39 is 0 Å². The molecule has 20 heavy (non-hydrogen) atoms. The second-order valence-electron chi connectivity index (χ2n) is 4.43. The summed E-state index contributed by atoms with van der Waals surface area (Å²) in [5, 5.41) is 3.28. The third kappa shape index (κ3) is 2.98. The molecule has 0 unspecified atom stereocenters. The number of aromatic nitrogens is 3. The first-order valence-corrected chi connectivity index (χ1v) is 7.74. The van der Waals surface area contributed by atoms with E-state index in [-0.39, 0.29) is 0 Å². The fraction of sp³-hybridized carbons (Fsp3) is 0.400. The van der Waals surface area contributed by atoms with Gasteiger partial charge in [-0.25, -0.2) is 9.97 Å². The van der Waals surface area contributed by atoms with Crippen molar-refractivity contribution < 1.29 is 0 Å². The molecule has 0 saturated heterocycles. The van der Waals surface area contributed by atoms with Crippen LogP contribution in [-0.2, 0) is 12.8 Å². The van der Waals surface area contributed by atoms with Gasteiger partial charge < -0.3 is 5.32 Å². The van der Waals surface area contributed by atoms with Crippen LogP contribution in [0.4, 0.5) is 5.82 Å². The Labute approximate surface area is 128 Å². The Morgan fingerprint density at radius 1 is 1.15 bits per heavy atom. The topological polar surface area (TPSA) is 50.7 Å². The average Bonchev–Trinajstić information content (AvgIpc) is 2.49. The molecular weight excluding hydrogens is 316 g/mol. The Morgan fingerprint density at radius 3 is 2.60 bits per heavy atom. The van der Waals surface area contributed by atoms with Crippen LogP contribution in [0.1, 0.15) is 32.0 Å². The van der Waals surface area contributed by atoms with Gasteiger partial charge in [0, 0.05) is 24.5 Å². The summed E-state index contributed by atoms with van der Waals surface area (Å²) in [4.78, 5) is 13.5. The highest BCUT2D eigenvalue weighted by molar-refractivity contribution is 9.10. The van der Waals surface area contributed by atoms with Crippen molar-refractivity contribution in [2.45, 2.75) is 33.6 Å². The Bertz CT molecular complexity index is 598. The molecule has 0 atom stereocenters. The van der Waals surface area contributed by atoms with Crippen LogP contribution in [0.3, 0.4) is 0 Å². The molecule has 5 heteroatoms. The van der Waals surface area contributed by atoms with Crippen LogP contribution in [0.5, 0.6) is 0 Å². The molecule has 2 heterocycles. The number of nitrogens with one attached hydrogen (secondary N) is 1. The first-order chi connectivity index (χ1) is 9.71. The number of aryl methyl sites for hydroxylation is 2. The average molecular weight is 335 g/mol. The number of anilines is 1. The van der Waals surface area contributed by atoms with Crippen molar-refractivity contribution >= 4 is 21.7 Å². The Kier molecular flexibility index (Phi) is 5.06. The molecule has 1 N–H and O–H groups in total. The van der Waals surface area contributed by atoms with Gasteiger partial charge in [-0.1, -0.05) is 13.8 Å². The minimum atomic E-state index is 0.764. The van der Waals surface area contributed by atoms with E-state index in [0.29, 0.717) is 0 Å². The number of hydrogen-bond acceptors (Lipinski definition) is 4. The fourth-order valence-electron chi connectivity index (χ4n) is 2.06. The van der Waals surface area contributed by atoms with Gasteiger partial charge in [0.2, 0.25) is 0 Å². The lowest BCUT2D eigenvalue weighted by atomic mass is 10.1. The summed E-state index contributed by atoms with van der Waals surface area (Å²) >= 11 is 3.58. The van der Waals surface area contributed by atoms with Crippen molar-refractivity contribution in [2.75, 3.05) is 11.9 Å². The summed E-state index contributed by atoms with van der Waals surface area (Å²) < 4.78 is 0.956. The first-order valence-electron chi connectivity index (χ1n) is 6.94. The van der Waals surface area contributed by atoms with E-state index >= 15 is 0 Å². The van der Waals surface area contributed by atoms with Crippen LogP contribution in [0.2, 0.25) is 0 Å². The molecule has 2 rings (SSSR count). The van der Waals surface area contributed by atoms with E-state index in [4.69, 9.17) is 0 Å². The number of rotatable bonds is 5. The maximum Gasteiger partial charge on any atom is 0.162 e. The number of nitrogens with zero attached hydrogens (tertiary/aromatic N) is 3. The molecule has 0 aliphatic carbocycles. The molecule has 0 radical (unpaired) electrons. The zero-order chi connectivity index (χ0) is 14.5. The lowest BCUT2D eigenvalue weighted by Gasteiger charge is -2.12. The Balaban J connectivity index is 2.59. The van der Waals surface area contributed by atoms with Gasteiger partial charge in [0.15, 0.2) is 5.82 Å². The molecule has 0 saturated carbocycles. The molecule has 2 aromatic rings. The second kappa shape index (κ2) is 6.79. The third-order valence-electron chi connectivity index (χ3n) is 3.12. The summed E-state index contributed by atoms with van der Waals surface area (Å²) in [5.74, 6) is 1.62. The van der Waals surface area contributed by atoms with Crippen LogP contribution in [0, 0.1) is 0 Å². The van der Waals surface area contributed by atoms with E-state index in [1.165, 1.54) is 5.56 Å². The molecular formula is C15H19BrN4. The van der Waals surface area contributed by atoms with Gasteiger partial charge in [-0.2, -0.15) is 0 Å². The predicted molar refractivity (Wildman–Crippen MR) is 85.9 cm³/mol. The summed E-state index contributed by atoms with van der Waals surface area (Å²) in [7, 11) is 0. The molecule has 0 bridgehead atoms. The van der Waals surface area contributed by atoms with E-state index in [9.17, 15) is 0 Å². The van der Waals surface area contributed by atoms with Gasteiger partial charge in [-0.05, 0) is 47.3 Å². The lowest BCUT2D eigenvalue weighted by Crippen LogP contribution is -2.06. The highest BCUT2D eigenvalue weighted by Crippen LogP contribution is 2.28. The third-order valence-corrected chi connectivity index (χ3v) is 3.96. The normalized spacial score (nSPS) is 10.6. The largest absolute Gasteiger partial charge is 0.369 e. The van der Waals surface area contributed by atoms with Crippen molar-refractivity contribution in [1.82, 2.24) is 15.0 Å². The van der Waals surface area contributed by atoms with Crippen LogP contribution < -0.4 is 5.32 Å². The van der Waals surface area contributed by atoms with Gasteiger partial charge in [-0.15, -0.1) is 0 Å². The van der Waals surface area contributed by atoms with Crippen molar-refractivity contribution in [2.24, 2.45) is 0 Å². The smallest absolute Gasteiger partial charge is 0.162 e. The van der Waals surface area contributed by atoms with Crippen LogP contribution in [-0.4, -0.2) is 21.5 Å². The van der Waals surface area contributed by atoms with Gasteiger partial charge in [0.25, 0.3) is 0 Å². The molecule has 4 nitrogen and oxygen atoms in total. The van der Waals surface area contributed by atoms with Crippen molar-refractivity contribution in [1.29, 1.82) is 0 Å². The van der Waals surface area contributed by atoms with Gasteiger partial charge in [0.1, 0.15) is 5.82 Å². The van der Waals surface area contributed by atoms with E-state index in [1.54, 1.807) is 6.20 Å². The molecule has 2 aromatic heterocycles. The lowest BCUT2D eigenvalue weighted by molar-refractivity contribution is 0.977. The second-order valence-corrected chi connectivity index (χ2v) is 5.22. The number of hydrogen-bond donors (Lipinski definition) is 1. The van der Waals surface area contributed by atoms with Crippen molar-refractivity contribution in [3.8, 4) is 11.4 Å². The highest BCUT2D eigenvalue weighted by atomic mass is 79.9. The summed E-state index contributed by atoms with van der Waals surface area (Å²) in [6.45, 7) is 7.10. The minimum absolute atomic E-state index is 0.764. The van der Waals surface area contributed by atoms with E-state index in [0.717, 1.165) is 46.8 Å². The molecule has 106 valence electrons. The van der Waals surface area contributed by atoms with Crippen LogP contribution in [0.15, 0.2) is 22.9 Å². The summed E-state index contributed by atoms with van der Waals surface area (Å²) in [6, 6.07) is 1.98. The predicted octanol–water partition coefficient (Wildman–Crippen LogP) is 3.86. The van der Waals surface area contributed by atoms with Gasteiger partial charge in [-0.3, -0.25) is 4.98 Å². The maximum atomic E-state index is 4.69. The van der Waals surface area contributed by atoms with Crippen LogP contribution in [0.25, 0.3) is 11.4 Å². The van der Waals surface area contributed by atoms with Gasteiger partial charge in [0.05, 0.1) is 10.2 Å². The minimum Gasteiger partial charge on any atom is -0.369 e. The SMILES string of the molecule is CCNc1nc(-c2ccncc2CC)nc(CC)c1Br. The quantitative estimate of drug-likeness (QED) is 0.901.